The van der Waals surface area contributed by atoms with Crippen molar-refractivity contribution in [1.82, 2.24) is 0 Å². The maximum Gasteiger partial charge on any atom is 0.449 e. The molecule has 2 rings (SSSR count). The van der Waals surface area contributed by atoms with Crippen molar-refractivity contribution in [2.45, 2.75) is 13.1 Å². The summed E-state index contributed by atoms with van der Waals surface area (Å²) in [7, 11) is 0. The van der Waals surface area contributed by atoms with Crippen LogP contribution in [-0.4, -0.2) is 12.8 Å². The van der Waals surface area contributed by atoms with Crippen LogP contribution in [0.4, 0.5) is 13.2 Å². The highest BCUT2D eigenvalue weighted by Gasteiger charge is 2.38. The highest BCUT2D eigenvalue weighted by Crippen LogP contribution is 2.34. The van der Waals surface area contributed by atoms with Crippen molar-refractivity contribution in [2.24, 2.45) is 0 Å². The lowest BCUT2D eigenvalue weighted by molar-refractivity contribution is -0.128. The monoisotopic (exact) mass is 318 g/mol. The molecule has 0 atom stereocenters. The molecule has 0 aliphatic rings. The van der Waals surface area contributed by atoms with E-state index in [-0.39, 0.29) is 12.2 Å². The Bertz CT molecular complexity index is 671. The Morgan fingerprint density at radius 2 is 1.52 bits per heavy atom. The first-order chi connectivity index (χ1) is 11.0. The van der Waals surface area contributed by atoms with E-state index in [2.05, 4.69) is 0 Å². The van der Waals surface area contributed by atoms with E-state index < -0.39 is 11.9 Å². The van der Waals surface area contributed by atoms with Crippen LogP contribution in [0.2, 0.25) is 0 Å². The summed E-state index contributed by atoms with van der Waals surface area (Å²) in [5.74, 6) is -0.974. The Morgan fingerprint density at radius 1 is 0.957 bits per heavy atom. The molecule has 0 amide bonds. The van der Waals surface area contributed by atoms with E-state index in [1.807, 2.05) is 30.3 Å². The molecule has 0 aromatic heterocycles. The zero-order valence-electron chi connectivity index (χ0n) is 12.7. The first kappa shape index (κ1) is 16.9. The highest BCUT2D eigenvalue weighted by molar-refractivity contribution is 5.80. The molecule has 2 aromatic carbocycles. The summed E-state index contributed by atoms with van der Waals surface area (Å²) in [6.45, 7) is 1.49. The fraction of sp³-hybridized carbons (Fsp3) is 0.158. The van der Waals surface area contributed by atoms with Gasteiger partial charge in [0, 0.05) is 5.57 Å². The molecule has 0 radical (unpaired) electrons. The minimum Gasteiger partial charge on any atom is -0.489 e. The molecule has 4 heteroatoms. The fourth-order valence-corrected chi connectivity index (χ4v) is 2.12. The van der Waals surface area contributed by atoms with Gasteiger partial charge >= 0.3 is 6.18 Å². The maximum absolute atomic E-state index is 13.4. The van der Waals surface area contributed by atoms with Crippen molar-refractivity contribution in [3.63, 3.8) is 0 Å². The van der Waals surface area contributed by atoms with Gasteiger partial charge in [0.25, 0.3) is 0 Å². The second-order valence-electron chi connectivity index (χ2n) is 4.78. The predicted molar refractivity (Wildman–Crippen MR) is 86.5 cm³/mol. The van der Waals surface area contributed by atoms with Crippen molar-refractivity contribution >= 4 is 11.6 Å². The second kappa shape index (κ2) is 7.68. The number of allylic oxidation sites excluding steroid dienone is 3. The zero-order valence-corrected chi connectivity index (χ0v) is 12.7. The third-order valence-corrected chi connectivity index (χ3v) is 3.12. The average molecular weight is 318 g/mol. The van der Waals surface area contributed by atoms with Crippen LogP contribution in [0.3, 0.4) is 0 Å². The lowest BCUT2D eigenvalue weighted by Crippen LogP contribution is -2.16. The van der Waals surface area contributed by atoms with Crippen molar-refractivity contribution in [3.8, 4) is 0 Å². The van der Waals surface area contributed by atoms with Crippen LogP contribution in [0.25, 0.3) is 11.6 Å². The normalized spacial score (nSPS) is 13.0. The molecular weight excluding hydrogens is 301 g/mol. The van der Waals surface area contributed by atoms with Crippen LogP contribution in [0, 0.1) is 0 Å². The smallest absolute Gasteiger partial charge is 0.449 e. The van der Waals surface area contributed by atoms with Crippen LogP contribution in [0.15, 0.2) is 72.5 Å². The summed E-state index contributed by atoms with van der Waals surface area (Å²) in [5.41, 5.74) is 1.29. The van der Waals surface area contributed by atoms with Crippen LogP contribution >= 0.6 is 0 Å². The largest absolute Gasteiger partial charge is 0.489 e. The van der Waals surface area contributed by atoms with E-state index in [9.17, 15) is 13.2 Å². The lowest BCUT2D eigenvalue weighted by atomic mass is 10.0. The molecule has 0 saturated heterocycles. The Hall–Kier alpha value is -2.49. The summed E-state index contributed by atoms with van der Waals surface area (Å²) in [6, 6.07) is 17.6. The highest BCUT2D eigenvalue weighted by atomic mass is 19.4. The van der Waals surface area contributed by atoms with Gasteiger partial charge in [-0.1, -0.05) is 72.8 Å². The van der Waals surface area contributed by atoms with E-state index in [1.165, 1.54) is 13.0 Å². The average Bonchev–Trinajstić information content (AvgIpc) is 2.55. The molecule has 0 N–H and O–H groups in total. The lowest BCUT2D eigenvalue weighted by Gasteiger charge is -2.16. The van der Waals surface area contributed by atoms with Gasteiger partial charge in [-0.05, 0) is 18.1 Å². The number of hydrogen-bond donors (Lipinski definition) is 0. The predicted octanol–water partition coefficient (Wildman–Crippen LogP) is 5.71. The van der Waals surface area contributed by atoms with E-state index >= 15 is 0 Å². The number of rotatable bonds is 5. The van der Waals surface area contributed by atoms with Crippen LogP contribution in [0.5, 0.6) is 0 Å². The number of ether oxygens (including phenoxy) is 1. The number of alkyl halides is 3. The molecule has 1 nitrogen and oxygen atoms in total. The quantitative estimate of drug-likeness (QED) is 0.507. The molecule has 0 heterocycles. The molecule has 0 aliphatic carbocycles. The summed E-state index contributed by atoms with van der Waals surface area (Å²) in [5, 5.41) is 0. The number of hydrogen-bond acceptors (Lipinski definition) is 1. The fourth-order valence-electron chi connectivity index (χ4n) is 2.12. The Labute approximate surface area is 133 Å². The second-order valence-corrected chi connectivity index (χ2v) is 4.78. The first-order valence-electron chi connectivity index (χ1n) is 7.25. The molecule has 0 bridgehead atoms. The van der Waals surface area contributed by atoms with Crippen molar-refractivity contribution < 1.29 is 17.9 Å². The molecule has 0 spiro atoms. The van der Waals surface area contributed by atoms with E-state index in [4.69, 9.17) is 4.74 Å². The maximum atomic E-state index is 13.4. The zero-order chi connectivity index (χ0) is 16.7. The van der Waals surface area contributed by atoms with Gasteiger partial charge in [0.2, 0.25) is 5.76 Å². The van der Waals surface area contributed by atoms with Gasteiger partial charge in [0.05, 0.1) is 6.61 Å². The third kappa shape index (κ3) is 4.74. The summed E-state index contributed by atoms with van der Waals surface area (Å²) >= 11 is 0. The van der Waals surface area contributed by atoms with E-state index in [0.29, 0.717) is 5.56 Å². The Kier molecular flexibility index (Phi) is 5.63. The first-order valence-corrected chi connectivity index (χ1v) is 7.25. The van der Waals surface area contributed by atoms with Gasteiger partial charge in [-0.25, -0.2) is 0 Å². The van der Waals surface area contributed by atoms with Gasteiger partial charge in [0.15, 0.2) is 0 Å². The van der Waals surface area contributed by atoms with E-state index in [0.717, 1.165) is 5.56 Å². The summed E-state index contributed by atoms with van der Waals surface area (Å²) in [4.78, 5) is 0. The molecule has 120 valence electrons. The third-order valence-electron chi connectivity index (χ3n) is 3.12. The van der Waals surface area contributed by atoms with Gasteiger partial charge in [-0.2, -0.15) is 13.2 Å². The summed E-state index contributed by atoms with van der Waals surface area (Å²) in [6.07, 6.45) is -1.46. The molecule has 2 aromatic rings. The van der Waals surface area contributed by atoms with Crippen molar-refractivity contribution in [3.05, 3.63) is 83.6 Å². The van der Waals surface area contributed by atoms with Gasteiger partial charge in [0.1, 0.15) is 0 Å². The van der Waals surface area contributed by atoms with Gasteiger partial charge < -0.3 is 4.74 Å². The minimum absolute atomic E-state index is 0.0174. The Morgan fingerprint density at radius 3 is 2.04 bits per heavy atom. The van der Waals surface area contributed by atoms with Crippen LogP contribution in [-0.2, 0) is 4.74 Å². The number of halogens is 3. The molecule has 0 fully saturated rings. The van der Waals surface area contributed by atoms with Gasteiger partial charge in [-0.3, -0.25) is 0 Å². The van der Waals surface area contributed by atoms with Crippen molar-refractivity contribution in [2.75, 3.05) is 6.61 Å². The Balaban J connectivity index is 2.53. The minimum atomic E-state index is -4.55. The molecule has 0 aliphatic heterocycles. The molecular formula is C19H17F3O. The van der Waals surface area contributed by atoms with Gasteiger partial charge in [-0.15, -0.1) is 0 Å². The molecule has 23 heavy (non-hydrogen) atoms. The van der Waals surface area contributed by atoms with Crippen LogP contribution < -0.4 is 0 Å². The SMILES string of the molecule is CCO/C(=C(/C=C/c1ccccc1)c1ccccc1)C(F)(F)F. The topological polar surface area (TPSA) is 9.23 Å². The molecule has 0 unspecified atom stereocenters. The molecule has 0 saturated carbocycles. The van der Waals surface area contributed by atoms with Crippen LogP contribution in [0.1, 0.15) is 18.1 Å². The summed E-state index contributed by atoms with van der Waals surface area (Å²) < 4.78 is 45.0. The van der Waals surface area contributed by atoms with E-state index in [1.54, 1.807) is 36.4 Å². The number of benzene rings is 2. The van der Waals surface area contributed by atoms with Crippen molar-refractivity contribution in [1.29, 1.82) is 0 Å². The standard InChI is InChI=1S/C19H17F3O/c1-2-23-18(19(20,21)22)17(16-11-7-4-8-12-16)14-13-15-9-5-3-6-10-15/h3-14H,2H2,1H3/b14-13+,18-17-.